The Kier molecular flexibility index (Phi) is 7.56. The zero-order valence-electron chi connectivity index (χ0n) is 12.2. The Morgan fingerprint density at radius 2 is 2.05 bits per heavy atom. The van der Waals surface area contributed by atoms with Crippen LogP contribution >= 0.6 is 27.5 Å². The minimum absolute atomic E-state index is 0.0398. The van der Waals surface area contributed by atoms with E-state index in [1.54, 1.807) is 19.2 Å². The van der Waals surface area contributed by atoms with Crippen molar-refractivity contribution >= 4 is 33.4 Å². The fourth-order valence-electron chi connectivity index (χ4n) is 2.19. The summed E-state index contributed by atoms with van der Waals surface area (Å²) in [5.74, 6) is -0.0398. The number of amides is 1. The van der Waals surface area contributed by atoms with Gasteiger partial charge in [-0.05, 0) is 31.0 Å². The summed E-state index contributed by atoms with van der Waals surface area (Å²) in [7, 11) is 1.64. The van der Waals surface area contributed by atoms with Gasteiger partial charge in [-0.2, -0.15) is 0 Å². The third-order valence-electron chi connectivity index (χ3n) is 3.34. The van der Waals surface area contributed by atoms with Gasteiger partial charge in [-0.25, -0.2) is 0 Å². The minimum Gasteiger partial charge on any atom is -0.383 e. The first-order valence-corrected chi connectivity index (χ1v) is 7.97. The number of hydrogen-bond donors (Lipinski definition) is 0. The van der Waals surface area contributed by atoms with Gasteiger partial charge in [0.15, 0.2) is 0 Å². The van der Waals surface area contributed by atoms with Crippen molar-refractivity contribution in [2.45, 2.75) is 32.7 Å². The van der Waals surface area contributed by atoms with Crippen molar-refractivity contribution in [1.29, 1.82) is 0 Å². The highest BCUT2D eigenvalue weighted by Gasteiger charge is 2.23. The molecule has 0 aromatic heterocycles. The quantitative estimate of drug-likeness (QED) is 0.720. The molecule has 0 fully saturated rings. The molecule has 0 heterocycles. The number of halogens is 2. The van der Waals surface area contributed by atoms with Crippen LogP contribution in [0.3, 0.4) is 0 Å². The Hall–Kier alpha value is -0.580. The predicted molar refractivity (Wildman–Crippen MR) is 86.4 cm³/mol. The zero-order valence-corrected chi connectivity index (χ0v) is 14.5. The number of hydrogen-bond acceptors (Lipinski definition) is 2. The molecule has 112 valence electrons. The molecule has 0 saturated carbocycles. The lowest BCUT2D eigenvalue weighted by molar-refractivity contribution is 0.0589. The molecule has 1 aromatic carbocycles. The van der Waals surface area contributed by atoms with Gasteiger partial charge >= 0.3 is 0 Å². The smallest absolute Gasteiger partial charge is 0.255 e. The van der Waals surface area contributed by atoms with Gasteiger partial charge in [0.05, 0.1) is 17.2 Å². The lowest BCUT2D eigenvalue weighted by Gasteiger charge is -2.30. The first-order valence-electron chi connectivity index (χ1n) is 6.80. The topological polar surface area (TPSA) is 29.5 Å². The highest BCUT2D eigenvalue weighted by Crippen LogP contribution is 2.24. The zero-order chi connectivity index (χ0) is 15.1. The summed E-state index contributed by atoms with van der Waals surface area (Å²) in [4.78, 5) is 14.6. The Labute approximate surface area is 134 Å². The van der Waals surface area contributed by atoms with Crippen LogP contribution in [-0.2, 0) is 4.74 Å². The van der Waals surface area contributed by atoms with Crippen molar-refractivity contribution in [3.8, 4) is 0 Å². The molecular weight excluding hydrogens is 342 g/mol. The minimum atomic E-state index is -0.0398. The molecule has 5 heteroatoms. The van der Waals surface area contributed by atoms with Crippen LogP contribution in [0.5, 0.6) is 0 Å². The molecule has 1 rings (SSSR count). The van der Waals surface area contributed by atoms with Crippen molar-refractivity contribution in [2.24, 2.45) is 0 Å². The SMILES string of the molecule is CCC(CC)N(CCOC)C(=O)c1cc(Br)ccc1Cl. The molecule has 0 saturated heterocycles. The molecule has 1 amide bonds. The number of carbonyl (C=O) groups is 1. The number of ether oxygens (including phenoxy) is 1. The summed E-state index contributed by atoms with van der Waals surface area (Å²) in [5.41, 5.74) is 0.532. The van der Waals surface area contributed by atoms with E-state index in [2.05, 4.69) is 29.8 Å². The largest absolute Gasteiger partial charge is 0.383 e. The first-order chi connectivity index (χ1) is 9.54. The molecule has 20 heavy (non-hydrogen) atoms. The van der Waals surface area contributed by atoms with Gasteiger partial charge in [0.1, 0.15) is 0 Å². The lowest BCUT2D eigenvalue weighted by Crippen LogP contribution is -2.42. The number of nitrogens with zero attached hydrogens (tertiary/aromatic N) is 1. The second-order valence-corrected chi connectivity index (χ2v) is 5.91. The fraction of sp³-hybridized carbons (Fsp3) is 0.533. The van der Waals surface area contributed by atoms with Crippen molar-refractivity contribution in [3.05, 3.63) is 33.3 Å². The van der Waals surface area contributed by atoms with E-state index in [1.807, 2.05) is 11.0 Å². The molecule has 0 radical (unpaired) electrons. The molecule has 0 aliphatic heterocycles. The second-order valence-electron chi connectivity index (χ2n) is 4.59. The number of benzene rings is 1. The molecule has 0 unspecified atom stereocenters. The van der Waals surface area contributed by atoms with Crippen molar-refractivity contribution in [3.63, 3.8) is 0 Å². The average Bonchev–Trinajstić information content (AvgIpc) is 2.45. The molecule has 1 aromatic rings. The van der Waals surface area contributed by atoms with Crippen molar-refractivity contribution in [1.82, 2.24) is 4.90 Å². The van der Waals surface area contributed by atoms with E-state index < -0.39 is 0 Å². The van der Waals surface area contributed by atoms with Crippen LogP contribution in [0, 0.1) is 0 Å². The van der Waals surface area contributed by atoms with Gasteiger partial charge in [-0.3, -0.25) is 4.79 Å². The summed E-state index contributed by atoms with van der Waals surface area (Å²) in [6.07, 6.45) is 1.83. The van der Waals surface area contributed by atoms with Crippen molar-refractivity contribution in [2.75, 3.05) is 20.3 Å². The van der Waals surface area contributed by atoms with Crippen LogP contribution in [0.25, 0.3) is 0 Å². The highest BCUT2D eigenvalue weighted by atomic mass is 79.9. The van der Waals surface area contributed by atoms with Gasteiger partial charge in [-0.15, -0.1) is 0 Å². The highest BCUT2D eigenvalue weighted by molar-refractivity contribution is 9.10. The van der Waals surface area contributed by atoms with E-state index in [9.17, 15) is 4.79 Å². The van der Waals surface area contributed by atoms with Gasteiger partial charge < -0.3 is 9.64 Å². The number of methoxy groups -OCH3 is 1. The van der Waals surface area contributed by atoms with Crippen LogP contribution in [0.1, 0.15) is 37.0 Å². The predicted octanol–water partition coefficient (Wildman–Crippen LogP) is 4.38. The molecule has 0 atom stereocenters. The summed E-state index contributed by atoms with van der Waals surface area (Å²) in [6.45, 7) is 5.27. The van der Waals surface area contributed by atoms with Gasteiger partial charge in [0.2, 0.25) is 0 Å². The lowest BCUT2D eigenvalue weighted by atomic mass is 10.1. The molecule has 0 spiro atoms. The summed E-state index contributed by atoms with van der Waals surface area (Å²) < 4.78 is 5.96. The van der Waals surface area contributed by atoms with Crippen LogP contribution in [0.15, 0.2) is 22.7 Å². The van der Waals surface area contributed by atoms with Gasteiger partial charge in [-0.1, -0.05) is 41.4 Å². The number of rotatable bonds is 7. The molecule has 0 N–H and O–H groups in total. The maximum absolute atomic E-state index is 12.7. The van der Waals surface area contributed by atoms with E-state index in [-0.39, 0.29) is 11.9 Å². The van der Waals surface area contributed by atoms with Crippen LogP contribution in [0.4, 0.5) is 0 Å². The van der Waals surface area contributed by atoms with Crippen LogP contribution < -0.4 is 0 Å². The van der Waals surface area contributed by atoms with Crippen LogP contribution in [0.2, 0.25) is 5.02 Å². The molecule has 0 aliphatic rings. The summed E-state index contributed by atoms with van der Waals surface area (Å²) in [5, 5.41) is 0.478. The standard InChI is InChI=1S/C15H21BrClNO2/c1-4-12(5-2)18(8-9-20-3)15(19)13-10-11(16)6-7-14(13)17/h6-7,10,12H,4-5,8-9H2,1-3H3. The van der Waals surface area contributed by atoms with E-state index in [0.29, 0.717) is 23.7 Å². The molecule has 3 nitrogen and oxygen atoms in total. The molecule has 0 aliphatic carbocycles. The Morgan fingerprint density at radius 3 is 2.60 bits per heavy atom. The summed E-state index contributed by atoms with van der Waals surface area (Å²) >= 11 is 9.54. The third-order valence-corrected chi connectivity index (χ3v) is 4.16. The maximum atomic E-state index is 12.7. The van der Waals surface area contributed by atoms with Gasteiger partial charge in [0, 0.05) is 24.2 Å². The fourth-order valence-corrected chi connectivity index (χ4v) is 2.74. The third kappa shape index (κ3) is 4.47. The Morgan fingerprint density at radius 1 is 1.40 bits per heavy atom. The normalized spacial score (nSPS) is 10.9. The monoisotopic (exact) mass is 361 g/mol. The van der Waals surface area contributed by atoms with Crippen molar-refractivity contribution < 1.29 is 9.53 Å². The molecular formula is C15H21BrClNO2. The first kappa shape index (κ1) is 17.5. The Bertz CT molecular complexity index is 449. The average molecular weight is 363 g/mol. The summed E-state index contributed by atoms with van der Waals surface area (Å²) in [6, 6.07) is 5.54. The van der Waals surface area contributed by atoms with Gasteiger partial charge in [0.25, 0.3) is 5.91 Å². The second kappa shape index (κ2) is 8.65. The van der Waals surface area contributed by atoms with E-state index in [4.69, 9.17) is 16.3 Å². The Balaban J connectivity index is 3.05. The van der Waals surface area contributed by atoms with E-state index >= 15 is 0 Å². The number of carbonyl (C=O) groups excluding carboxylic acids is 1. The van der Waals surface area contributed by atoms with E-state index in [0.717, 1.165) is 17.3 Å². The van der Waals surface area contributed by atoms with Crippen LogP contribution in [-0.4, -0.2) is 37.1 Å². The maximum Gasteiger partial charge on any atom is 0.255 e. The molecule has 0 bridgehead atoms. The van der Waals surface area contributed by atoms with E-state index in [1.165, 1.54) is 0 Å².